The molecule has 0 saturated carbocycles. The van der Waals surface area contributed by atoms with Crippen molar-refractivity contribution >= 4 is 43.2 Å². The number of para-hydroxylation sites is 1. The van der Waals surface area contributed by atoms with Gasteiger partial charge in [0.15, 0.2) is 0 Å². The highest BCUT2D eigenvalue weighted by Gasteiger charge is 2.17. The van der Waals surface area contributed by atoms with Crippen molar-refractivity contribution in [3.8, 4) is 0 Å². The van der Waals surface area contributed by atoms with Gasteiger partial charge in [-0.05, 0) is 46.3 Å². The second kappa shape index (κ2) is 5.48. The minimum atomic E-state index is -3.85. The van der Waals surface area contributed by atoms with Crippen molar-refractivity contribution in [1.82, 2.24) is 0 Å². The van der Waals surface area contributed by atoms with Crippen LogP contribution in [0.25, 0.3) is 0 Å². The normalized spacial score (nSPS) is 11.3. The molecule has 19 heavy (non-hydrogen) atoms. The van der Waals surface area contributed by atoms with Gasteiger partial charge in [-0.25, -0.2) is 12.8 Å². The summed E-state index contributed by atoms with van der Waals surface area (Å²) in [4.78, 5) is -0.00738. The molecule has 0 amide bonds. The summed E-state index contributed by atoms with van der Waals surface area (Å²) in [6.45, 7) is 0. The molecule has 1 N–H and O–H groups in total. The Morgan fingerprint density at radius 2 is 1.84 bits per heavy atom. The maximum Gasteiger partial charge on any atom is 0.262 e. The summed E-state index contributed by atoms with van der Waals surface area (Å²) in [5.74, 6) is -0.640. The number of hydrogen-bond donors (Lipinski definition) is 1. The van der Waals surface area contributed by atoms with Gasteiger partial charge in [0.05, 0.1) is 15.6 Å². The van der Waals surface area contributed by atoms with Crippen LogP contribution in [-0.4, -0.2) is 8.42 Å². The van der Waals surface area contributed by atoms with E-state index < -0.39 is 15.8 Å². The maximum absolute atomic E-state index is 13.4. The Bertz CT molecular complexity index is 721. The largest absolute Gasteiger partial charge is 0.277 e. The van der Waals surface area contributed by atoms with Crippen LogP contribution in [0.3, 0.4) is 0 Å². The second-order valence-electron chi connectivity index (χ2n) is 3.66. The van der Waals surface area contributed by atoms with E-state index in [0.717, 1.165) is 0 Å². The average molecular weight is 365 g/mol. The van der Waals surface area contributed by atoms with Crippen LogP contribution in [0, 0.1) is 5.82 Å². The third-order valence-electron chi connectivity index (χ3n) is 2.32. The van der Waals surface area contributed by atoms with Gasteiger partial charge < -0.3 is 0 Å². The second-order valence-corrected chi connectivity index (χ2v) is 6.61. The molecule has 2 aromatic rings. The van der Waals surface area contributed by atoms with Gasteiger partial charge in [0.25, 0.3) is 10.0 Å². The number of nitrogens with one attached hydrogen (secondary N) is 1. The lowest BCUT2D eigenvalue weighted by Crippen LogP contribution is -2.13. The predicted octanol–water partition coefficient (Wildman–Crippen LogP) is 4.04. The lowest BCUT2D eigenvalue weighted by Gasteiger charge is -2.09. The van der Waals surface area contributed by atoms with E-state index in [1.165, 1.54) is 36.4 Å². The Morgan fingerprint density at radius 1 is 1.16 bits per heavy atom. The molecule has 0 spiro atoms. The molecule has 0 atom stereocenters. The molecule has 0 aromatic heterocycles. The lowest BCUT2D eigenvalue weighted by molar-refractivity contribution is 0.598. The third-order valence-corrected chi connectivity index (χ3v) is 4.90. The summed E-state index contributed by atoms with van der Waals surface area (Å²) in [6, 6.07) is 9.68. The molecule has 0 bridgehead atoms. The van der Waals surface area contributed by atoms with Crippen LogP contribution in [0.2, 0.25) is 5.02 Å². The van der Waals surface area contributed by atoms with Gasteiger partial charge in [-0.15, -0.1) is 0 Å². The Balaban J connectivity index is 2.38. The van der Waals surface area contributed by atoms with Crippen molar-refractivity contribution in [2.75, 3.05) is 4.72 Å². The zero-order chi connectivity index (χ0) is 14.0. The minimum absolute atomic E-state index is 0.00738. The standard InChI is InChI=1S/C12H8BrClFNO2S/c13-9-7-8(5-6-10(9)14)19(17,18)16-12-4-2-1-3-11(12)15/h1-7,16H. The van der Waals surface area contributed by atoms with Gasteiger partial charge in [0.2, 0.25) is 0 Å². The summed E-state index contributed by atoms with van der Waals surface area (Å²) in [7, 11) is -3.85. The first-order chi connectivity index (χ1) is 8.90. The number of hydrogen-bond acceptors (Lipinski definition) is 2. The van der Waals surface area contributed by atoms with Crippen LogP contribution in [0.4, 0.5) is 10.1 Å². The van der Waals surface area contributed by atoms with Crippen LogP contribution in [0.1, 0.15) is 0 Å². The SMILES string of the molecule is O=S(=O)(Nc1ccccc1F)c1ccc(Cl)c(Br)c1. The van der Waals surface area contributed by atoms with Gasteiger partial charge in [-0.3, -0.25) is 4.72 Å². The summed E-state index contributed by atoms with van der Waals surface area (Å²) in [6.07, 6.45) is 0. The number of anilines is 1. The average Bonchev–Trinajstić information content (AvgIpc) is 2.35. The molecule has 2 aromatic carbocycles. The molecule has 0 aliphatic carbocycles. The summed E-state index contributed by atoms with van der Waals surface area (Å²) in [5, 5.41) is 0.393. The van der Waals surface area contributed by atoms with Crippen molar-refractivity contribution < 1.29 is 12.8 Å². The van der Waals surface area contributed by atoms with Crippen molar-refractivity contribution in [3.05, 3.63) is 57.8 Å². The van der Waals surface area contributed by atoms with Gasteiger partial charge >= 0.3 is 0 Å². The molecule has 7 heteroatoms. The van der Waals surface area contributed by atoms with E-state index in [4.69, 9.17) is 11.6 Å². The van der Waals surface area contributed by atoms with E-state index >= 15 is 0 Å². The van der Waals surface area contributed by atoms with Gasteiger partial charge in [0.1, 0.15) is 5.82 Å². The van der Waals surface area contributed by atoms with E-state index in [2.05, 4.69) is 20.7 Å². The lowest BCUT2D eigenvalue weighted by atomic mass is 10.3. The molecule has 3 nitrogen and oxygen atoms in total. The Labute approximate surface area is 123 Å². The van der Waals surface area contributed by atoms with Crippen LogP contribution in [0.15, 0.2) is 51.8 Å². The molecule has 0 unspecified atom stereocenters. The maximum atomic E-state index is 13.4. The fraction of sp³-hybridized carbons (Fsp3) is 0. The Morgan fingerprint density at radius 3 is 2.47 bits per heavy atom. The fourth-order valence-corrected chi connectivity index (χ4v) is 3.13. The molecule has 0 fully saturated rings. The fourth-order valence-electron chi connectivity index (χ4n) is 1.39. The van der Waals surface area contributed by atoms with Crippen molar-refractivity contribution in [1.29, 1.82) is 0 Å². The van der Waals surface area contributed by atoms with Crippen LogP contribution >= 0.6 is 27.5 Å². The molecule has 2 rings (SSSR count). The van der Waals surface area contributed by atoms with E-state index in [-0.39, 0.29) is 10.6 Å². The highest BCUT2D eigenvalue weighted by Crippen LogP contribution is 2.26. The smallest absolute Gasteiger partial charge is 0.262 e. The molecule has 0 saturated heterocycles. The van der Waals surface area contributed by atoms with Crippen molar-refractivity contribution in [2.24, 2.45) is 0 Å². The molecule has 0 aliphatic rings. The summed E-state index contributed by atoms with van der Waals surface area (Å²) < 4.78 is 40.2. The predicted molar refractivity (Wildman–Crippen MR) is 76.4 cm³/mol. The molecule has 0 radical (unpaired) electrons. The monoisotopic (exact) mass is 363 g/mol. The first kappa shape index (κ1) is 14.3. The highest BCUT2D eigenvalue weighted by molar-refractivity contribution is 9.10. The van der Waals surface area contributed by atoms with Gasteiger partial charge in [-0.1, -0.05) is 23.7 Å². The highest BCUT2D eigenvalue weighted by atomic mass is 79.9. The zero-order valence-electron chi connectivity index (χ0n) is 9.40. The first-order valence-electron chi connectivity index (χ1n) is 5.12. The Hall–Kier alpha value is -1.11. The van der Waals surface area contributed by atoms with E-state index in [1.807, 2.05) is 0 Å². The topological polar surface area (TPSA) is 46.2 Å². The molecule has 0 aliphatic heterocycles. The van der Waals surface area contributed by atoms with Crippen molar-refractivity contribution in [3.63, 3.8) is 0 Å². The van der Waals surface area contributed by atoms with Crippen molar-refractivity contribution in [2.45, 2.75) is 4.90 Å². The molecular formula is C12H8BrClFNO2S. The quantitative estimate of drug-likeness (QED) is 0.893. The summed E-state index contributed by atoms with van der Waals surface area (Å²) >= 11 is 8.93. The third kappa shape index (κ3) is 3.26. The van der Waals surface area contributed by atoms with Crippen LogP contribution in [0.5, 0.6) is 0 Å². The minimum Gasteiger partial charge on any atom is -0.277 e. The van der Waals surface area contributed by atoms with E-state index in [9.17, 15) is 12.8 Å². The van der Waals surface area contributed by atoms with Crippen LogP contribution in [-0.2, 0) is 10.0 Å². The molecule has 0 heterocycles. The van der Waals surface area contributed by atoms with Crippen LogP contribution < -0.4 is 4.72 Å². The summed E-state index contributed by atoms with van der Waals surface area (Å²) in [5.41, 5.74) is -0.103. The number of rotatable bonds is 3. The Kier molecular flexibility index (Phi) is 4.13. The number of sulfonamides is 1. The first-order valence-corrected chi connectivity index (χ1v) is 7.78. The van der Waals surface area contributed by atoms with Gasteiger partial charge in [-0.2, -0.15) is 0 Å². The molecular weight excluding hydrogens is 357 g/mol. The van der Waals surface area contributed by atoms with E-state index in [0.29, 0.717) is 9.50 Å². The van der Waals surface area contributed by atoms with Gasteiger partial charge in [0, 0.05) is 4.47 Å². The zero-order valence-corrected chi connectivity index (χ0v) is 12.6. The number of benzene rings is 2. The van der Waals surface area contributed by atoms with E-state index in [1.54, 1.807) is 6.07 Å². The molecule has 100 valence electrons. The number of halogens is 3.